The Balaban J connectivity index is 1.94. The smallest absolute Gasteiger partial charge is 0.232 e. The Bertz CT molecular complexity index is 735. The van der Waals surface area contributed by atoms with Crippen molar-refractivity contribution in [3.05, 3.63) is 54.0 Å². The summed E-state index contributed by atoms with van der Waals surface area (Å²) in [6.07, 6.45) is 5.48. The van der Waals surface area contributed by atoms with Crippen LogP contribution >= 0.6 is 0 Å². The van der Waals surface area contributed by atoms with Crippen molar-refractivity contribution in [3.63, 3.8) is 0 Å². The molecule has 0 bridgehead atoms. The van der Waals surface area contributed by atoms with Crippen molar-refractivity contribution in [2.75, 3.05) is 22.3 Å². The third-order valence-electron chi connectivity index (χ3n) is 3.12. The zero-order valence-corrected chi connectivity index (χ0v) is 13.5. The van der Waals surface area contributed by atoms with Gasteiger partial charge in [-0.05, 0) is 55.8 Å². The van der Waals surface area contributed by atoms with Gasteiger partial charge < -0.3 is 9.73 Å². The van der Waals surface area contributed by atoms with Gasteiger partial charge in [-0.25, -0.2) is 8.42 Å². The molecule has 0 aliphatic rings. The van der Waals surface area contributed by atoms with Crippen molar-refractivity contribution in [2.24, 2.45) is 0 Å². The maximum Gasteiger partial charge on any atom is 0.232 e. The summed E-state index contributed by atoms with van der Waals surface area (Å²) < 4.78 is 30.9. The molecule has 0 fully saturated rings. The van der Waals surface area contributed by atoms with Gasteiger partial charge in [-0.3, -0.25) is 4.72 Å². The molecule has 0 radical (unpaired) electrons. The van der Waals surface area contributed by atoms with E-state index < -0.39 is 10.0 Å². The number of sulfonamides is 1. The molecule has 22 heavy (non-hydrogen) atoms. The zero-order valence-electron chi connectivity index (χ0n) is 12.7. The summed E-state index contributed by atoms with van der Waals surface area (Å²) in [6, 6.07) is 9.25. The summed E-state index contributed by atoms with van der Waals surface area (Å²) in [5, 5.41) is 3.25. The maximum absolute atomic E-state index is 11.6. The van der Waals surface area contributed by atoms with Gasteiger partial charge in [-0.2, -0.15) is 0 Å². The third-order valence-corrected chi connectivity index (χ3v) is 4.41. The number of rotatable bonds is 7. The van der Waals surface area contributed by atoms with Gasteiger partial charge in [-0.1, -0.05) is 6.08 Å². The molecular formula is C16H20N2O3S. The first kappa shape index (κ1) is 16.2. The molecule has 2 rings (SSSR count). The van der Waals surface area contributed by atoms with Crippen LogP contribution in [0.25, 0.3) is 6.08 Å². The van der Waals surface area contributed by atoms with Crippen molar-refractivity contribution >= 4 is 27.5 Å². The van der Waals surface area contributed by atoms with Crippen LogP contribution in [0.2, 0.25) is 0 Å². The minimum absolute atomic E-state index is 0.0595. The monoisotopic (exact) mass is 320 g/mol. The topological polar surface area (TPSA) is 71.3 Å². The van der Waals surface area contributed by atoms with E-state index in [2.05, 4.69) is 10.0 Å². The van der Waals surface area contributed by atoms with E-state index in [9.17, 15) is 8.42 Å². The lowest BCUT2D eigenvalue weighted by atomic mass is 10.2. The lowest BCUT2D eigenvalue weighted by Crippen LogP contribution is -2.15. The van der Waals surface area contributed by atoms with Crippen LogP contribution in [-0.4, -0.2) is 20.7 Å². The molecule has 0 amide bonds. The van der Waals surface area contributed by atoms with Gasteiger partial charge in [-0.15, -0.1) is 0 Å². The lowest BCUT2D eigenvalue weighted by Gasteiger charge is -2.11. The SMILES string of the molecule is CCS(=O)(=O)Nc1ccc(NC/C=C/c2ccco2)cc1C. The minimum Gasteiger partial charge on any atom is -0.465 e. The summed E-state index contributed by atoms with van der Waals surface area (Å²) in [5.74, 6) is 0.867. The Morgan fingerprint density at radius 3 is 2.73 bits per heavy atom. The predicted octanol–water partition coefficient (Wildman–Crippen LogP) is 3.47. The highest BCUT2D eigenvalue weighted by atomic mass is 32.2. The van der Waals surface area contributed by atoms with Crippen molar-refractivity contribution in [1.82, 2.24) is 0 Å². The molecule has 2 N–H and O–H groups in total. The summed E-state index contributed by atoms with van der Waals surface area (Å²) in [6.45, 7) is 4.14. The van der Waals surface area contributed by atoms with Crippen LogP contribution in [0.3, 0.4) is 0 Å². The second-order valence-corrected chi connectivity index (χ2v) is 6.84. The standard InChI is InChI=1S/C16H20N2O3S/c1-3-22(19,20)18-16-9-8-14(12-13(16)2)17-10-4-6-15-7-5-11-21-15/h4-9,11-12,17-18H,3,10H2,1-2H3/b6-4+. The molecule has 0 saturated heterocycles. The van der Waals surface area contributed by atoms with E-state index in [1.165, 1.54) is 0 Å². The van der Waals surface area contributed by atoms with Crippen LogP contribution in [0.1, 0.15) is 18.2 Å². The lowest BCUT2D eigenvalue weighted by molar-refractivity contribution is 0.557. The number of hydrogen-bond donors (Lipinski definition) is 2. The fourth-order valence-electron chi connectivity index (χ4n) is 1.87. The Morgan fingerprint density at radius 1 is 1.27 bits per heavy atom. The summed E-state index contributed by atoms with van der Waals surface area (Å²) in [4.78, 5) is 0. The molecule has 1 aromatic heterocycles. The molecule has 0 unspecified atom stereocenters. The number of furan rings is 1. The summed E-state index contributed by atoms with van der Waals surface area (Å²) in [7, 11) is -3.25. The summed E-state index contributed by atoms with van der Waals surface area (Å²) in [5.41, 5.74) is 2.41. The van der Waals surface area contributed by atoms with Gasteiger partial charge in [0.25, 0.3) is 0 Å². The van der Waals surface area contributed by atoms with E-state index in [1.54, 1.807) is 19.3 Å². The molecule has 1 aromatic carbocycles. The molecule has 1 heterocycles. The van der Waals surface area contributed by atoms with Crippen LogP contribution in [0.4, 0.5) is 11.4 Å². The minimum atomic E-state index is -3.25. The Hall–Kier alpha value is -2.21. The molecule has 0 atom stereocenters. The molecule has 118 valence electrons. The van der Waals surface area contributed by atoms with Crippen LogP contribution in [0.15, 0.2) is 47.1 Å². The van der Waals surface area contributed by atoms with E-state index in [0.29, 0.717) is 12.2 Å². The number of benzene rings is 1. The van der Waals surface area contributed by atoms with Gasteiger partial charge in [0.05, 0.1) is 17.7 Å². The van der Waals surface area contributed by atoms with Crippen LogP contribution in [-0.2, 0) is 10.0 Å². The Kier molecular flexibility index (Phi) is 5.27. The molecule has 0 saturated carbocycles. The van der Waals surface area contributed by atoms with Crippen molar-refractivity contribution in [3.8, 4) is 0 Å². The van der Waals surface area contributed by atoms with Gasteiger partial charge in [0.15, 0.2) is 0 Å². The van der Waals surface area contributed by atoms with Gasteiger partial charge >= 0.3 is 0 Å². The van der Waals surface area contributed by atoms with Crippen LogP contribution in [0.5, 0.6) is 0 Å². The van der Waals surface area contributed by atoms with Gasteiger partial charge in [0.1, 0.15) is 5.76 Å². The molecule has 0 spiro atoms. The first-order valence-electron chi connectivity index (χ1n) is 7.05. The fraction of sp³-hybridized carbons (Fsp3) is 0.250. The molecule has 6 heteroatoms. The van der Waals surface area contributed by atoms with E-state index in [1.807, 2.05) is 43.3 Å². The van der Waals surface area contributed by atoms with E-state index in [4.69, 9.17) is 4.42 Å². The number of nitrogens with one attached hydrogen (secondary N) is 2. The molecule has 2 aromatic rings. The van der Waals surface area contributed by atoms with Crippen molar-refractivity contribution in [2.45, 2.75) is 13.8 Å². The second kappa shape index (κ2) is 7.17. The highest BCUT2D eigenvalue weighted by Crippen LogP contribution is 2.20. The van der Waals surface area contributed by atoms with E-state index in [-0.39, 0.29) is 5.75 Å². The van der Waals surface area contributed by atoms with E-state index >= 15 is 0 Å². The van der Waals surface area contributed by atoms with Gasteiger partial charge in [0.2, 0.25) is 10.0 Å². The van der Waals surface area contributed by atoms with Gasteiger partial charge in [0, 0.05) is 12.2 Å². The largest absolute Gasteiger partial charge is 0.465 e. The number of anilines is 2. The number of aryl methyl sites for hydroxylation is 1. The zero-order chi connectivity index (χ0) is 16.0. The second-order valence-electron chi connectivity index (χ2n) is 4.83. The third kappa shape index (κ3) is 4.66. The first-order valence-corrected chi connectivity index (χ1v) is 8.70. The first-order chi connectivity index (χ1) is 10.5. The van der Waals surface area contributed by atoms with Crippen LogP contribution in [0, 0.1) is 6.92 Å². The Labute approximate surface area is 131 Å². The molecule has 5 nitrogen and oxygen atoms in total. The fourth-order valence-corrected chi connectivity index (χ4v) is 2.57. The average Bonchev–Trinajstić information content (AvgIpc) is 2.99. The molecular weight excluding hydrogens is 300 g/mol. The predicted molar refractivity (Wildman–Crippen MR) is 90.5 cm³/mol. The summed E-state index contributed by atoms with van der Waals surface area (Å²) >= 11 is 0. The molecule has 0 aliphatic carbocycles. The Morgan fingerprint density at radius 2 is 2.09 bits per heavy atom. The van der Waals surface area contributed by atoms with Crippen LogP contribution < -0.4 is 10.0 Å². The van der Waals surface area contributed by atoms with Crippen molar-refractivity contribution in [1.29, 1.82) is 0 Å². The molecule has 0 aliphatic heterocycles. The van der Waals surface area contributed by atoms with E-state index in [0.717, 1.165) is 17.0 Å². The average molecular weight is 320 g/mol. The number of hydrogen-bond acceptors (Lipinski definition) is 4. The quantitative estimate of drug-likeness (QED) is 0.819. The normalized spacial score (nSPS) is 11.7. The highest BCUT2D eigenvalue weighted by Gasteiger charge is 2.08. The van der Waals surface area contributed by atoms with Crippen molar-refractivity contribution < 1.29 is 12.8 Å². The highest BCUT2D eigenvalue weighted by molar-refractivity contribution is 7.92. The maximum atomic E-state index is 11.6.